The van der Waals surface area contributed by atoms with Crippen LogP contribution >= 0.6 is 0 Å². The molecule has 0 N–H and O–H groups in total. The zero-order chi connectivity index (χ0) is 5.91. The van der Waals surface area contributed by atoms with Crippen molar-refractivity contribution in [2.75, 3.05) is 0 Å². The molecule has 0 radical (unpaired) electrons. The maximum Gasteiger partial charge on any atom is 0.108 e. The Labute approximate surface area is 47.7 Å². The Morgan fingerprint density at radius 2 is 1.86 bits per heavy atom. The van der Waals surface area contributed by atoms with E-state index in [1.165, 1.54) is 12.8 Å². The Hall–Kier alpha value is 0.0649. The minimum atomic E-state index is 0.550. The summed E-state index contributed by atoms with van der Waals surface area (Å²) < 4.78 is 0. The van der Waals surface area contributed by atoms with Crippen molar-refractivity contribution in [3.63, 3.8) is 0 Å². The molecule has 0 fully saturated rings. The van der Waals surface area contributed by atoms with E-state index in [2.05, 4.69) is 28.6 Å². The van der Waals surface area contributed by atoms with Crippen LogP contribution in [-0.4, -0.2) is 7.85 Å². The predicted molar refractivity (Wildman–Crippen MR) is 37.5 cm³/mol. The van der Waals surface area contributed by atoms with Crippen molar-refractivity contribution in [3.8, 4) is 0 Å². The highest BCUT2D eigenvalue weighted by molar-refractivity contribution is 6.14. The molecule has 0 aliphatic heterocycles. The van der Waals surface area contributed by atoms with Crippen LogP contribution in [0.5, 0.6) is 0 Å². The first-order chi connectivity index (χ1) is 3.06. The summed E-state index contributed by atoms with van der Waals surface area (Å²) in [6.07, 6.45) is 2.65. The van der Waals surface area contributed by atoms with E-state index in [0.29, 0.717) is 5.31 Å². The lowest BCUT2D eigenvalue weighted by atomic mass is 9.70. The van der Waals surface area contributed by atoms with E-state index in [1.54, 1.807) is 0 Å². The standard InChI is InChI=1S/C6H15B/c1-4-5-6(2,3)7/h4-5,7H2,1-3H3. The first-order valence-electron chi connectivity index (χ1n) is 3.06. The van der Waals surface area contributed by atoms with Crippen LogP contribution in [0.15, 0.2) is 0 Å². The Bertz CT molecular complexity index is 42.6. The molecule has 0 aromatic rings. The molecule has 0 amide bonds. The maximum absolute atomic E-state index is 2.27. The van der Waals surface area contributed by atoms with Crippen molar-refractivity contribution >= 4 is 7.85 Å². The van der Waals surface area contributed by atoms with Gasteiger partial charge in [0.2, 0.25) is 0 Å². The highest BCUT2D eigenvalue weighted by Crippen LogP contribution is 2.24. The second-order valence-corrected chi connectivity index (χ2v) is 3.31. The highest BCUT2D eigenvalue weighted by Gasteiger charge is 2.06. The molecule has 42 valence electrons. The predicted octanol–water partition coefficient (Wildman–Crippen LogP) is 1.62. The Kier molecular flexibility index (Phi) is 2.41. The largest absolute Gasteiger partial charge is 0.108 e. The topological polar surface area (TPSA) is 0 Å². The van der Waals surface area contributed by atoms with Gasteiger partial charge in [-0.2, -0.15) is 0 Å². The van der Waals surface area contributed by atoms with Gasteiger partial charge in [-0.05, 0) is 0 Å². The normalized spacial score (nSPS) is 11.9. The number of hydrogen-bond acceptors (Lipinski definition) is 0. The molecule has 0 rings (SSSR count). The molecule has 1 heteroatoms. The van der Waals surface area contributed by atoms with Gasteiger partial charge in [-0.25, -0.2) is 0 Å². The van der Waals surface area contributed by atoms with Gasteiger partial charge in [0.25, 0.3) is 0 Å². The van der Waals surface area contributed by atoms with Gasteiger partial charge in [0.15, 0.2) is 0 Å². The van der Waals surface area contributed by atoms with Crippen LogP contribution < -0.4 is 0 Å². The third-order valence-corrected chi connectivity index (χ3v) is 1.000. The minimum absolute atomic E-state index is 0.550. The average Bonchev–Trinajstić information content (AvgIpc) is 1.30. The molecule has 0 heterocycles. The van der Waals surface area contributed by atoms with Crippen LogP contribution in [-0.2, 0) is 0 Å². The quantitative estimate of drug-likeness (QED) is 0.460. The van der Waals surface area contributed by atoms with Crippen LogP contribution in [0.2, 0.25) is 5.31 Å². The molecule has 0 aliphatic carbocycles. The van der Waals surface area contributed by atoms with E-state index in [9.17, 15) is 0 Å². The first kappa shape index (κ1) is 7.06. The zero-order valence-corrected chi connectivity index (χ0v) is 5.91. The molecule has 0 unspecified atom stereocenters. The van der Waals surface area contributed by atoms with Crippen molar-refractivity contribution in [2.24, 2.45) is 0 Å². The lowest BCUT2D eigenvalue weighted by Gasteiger charge is -2.15. The Morgan fingerprint density at radius 3 is 1.86 bits per heavy atom. The Balaban J connectivity index is 3.15. The van der Waals surface area contributed by atoms with Gasteiger partial charge < -0.3 is 0 Å². The monoisotopic (exact) mass is 98.1 g/mol. The smallest absolute Gasteiger partial charge is 0.0672 e. The minimum Gasteiger partial charge on any atom is -0.0672 e. The van der Waals surface area contributed by atoms with Crippen LogP contribution in [0.1, 0.15) is 33.6 Å². The fourth-order valence-corrected chi connectivity index (χ4v) is 0.750. The van der Waals surface area contributed by atoms with Crippen molar-refractivity contribution in [1.82, 2.24) is 0 Å². The first-order valence-corrected chi connectivity index (χ1v) is 3.06. The fraction of sp³-hybridized carbons (Fsp3) is 1.00. The van der Waals surface area contributed by atoms with Crippen LogP contribution in [0.3, 0.4) is 0 Å². The molecule has 0 spiro atoms. The highest BCUT2D eigenvalue weighted by atomic mass is 14.0. The second-order valence-electron chi connectivity index (χ2n) is 3.31. The Morgan fingerprint density at radius 1 is 1.43 bits per heavy atom. The van der Waals surface area contributed by atoms with Crippen molar-refractivity contribution in [3.05, 3.63) is 0 Å². The third kappa shape index (κ3) is 6.06. The van der Waals surface area contributed by atoms with Gasteiger partial charge in [-0.15, -0.1) is 0 Å². The molecule has 0 bridgehead atoms. The molecule has 0 aliphatic rings. The van der Waals surface area contributed by atoms with Gasteiger partial charge in [0.05, 0.1) is 0 Å². The molecule has 0 saturated carbocycles. The van der Waals surface area contributed by atoms with Gasteiger partial charge >= 0.3 is 0 Å². The summed E-state index contributed by atoms with van der Waals surface area (Å²) in [5.74, 6) is 0. The van der Waals surface area contributed by atoms with Crippen molar-refractivity contribution in [2.45, 2.75) is 38.9 Å². The van der Waals surface area contributed by atoms with Gasteiger partial charge in [-0.1, -0.05) is 38.9 Å². The lowest BCUT2D eigenvalue weighted by molar-refractivity contribution is 0.601. The maximum atomic E-state index is 2.27. The lowest BCUT2D eigenvalue weighted by Crippen LogP contribution is -1.99. The van der Waals surface area contributed by atoms with Crippen molar-refractivity contribution in [1.29, 1.82) is 0 Å². The molecule has 7 heavy (non-hydrogen) atoms. The van der Waals surface area contributed by atoms with E-state index in [1.807, 2.05) is 0 Å². The van der Waals surface area contributed by atoms with E-state index >= 15 is 0 Å². The molecular weight excluding hydrogens is 82.9 g/mol. The molecule has 0 aromatic carbocycles. The molecule has 0 saturated heterocycles. The molecule has 0 atom stereocenters. The fourth-order valence-electron chi connectivity index (χ4n) is 0.750. The van der Waals surface area contributed by atoms with E-state index in [4.69, 9.17) is 0 Å². The number of hydrogen-bond donors (Lipinski definition) is 0. The summed E-state index contributed by atoms with van der Waals surface area (Å²) in [4.78, 5) is 0. The summed E-state index contributed by atoms with van der Waals surface area (Å²) in [5.41, 5.74) is 0. The average molecular weight is 98.0 g/mol. The summed E-state index contributed by atoms with van der Waals surface area (Å²) >= 11 is 0. The zero-order valence-electron chi connectivity index (χ0n) is 5.91. The van der Waals surface area contributed by atoms with Crippen LogP contribution in [0.4, 0.5) is 0 Å². The summed E-state index contributed by atoms with van der Waals surface area (Å²) in [5, 5.41) is 0.550. The molecular formula is C6H15B. The molecule has 0 aromatic heterocycles. The van der Waals surface area contributed by atoms with E-state index in [-0.39, 0.29) is 0 Å². The van der Waals surface area contributed by atoms with E-state index in [0.717, 1.165) is 0 Å². The SMILES string of the molecule is BC(C)(C)CCC. The molecule has 0 nitrogen and oxygen atoms in total. The summed E-state index contributed by atoms with van der Waals surface area (Å²) in [6, 6.07) is 0. The summed E-state index contributed by atoms with van der Waals surface area (Å²) in [7, 11) is 2.27. The second kappa shape index (κ2) is 2.39. The van der Waals surface area contributed by atoms with Crippen LogP contribution in [0, 0.1) is 0 Å². The van der Waals surface area contributed by atoms with E-state index < -0.39 is 0 Å². The van der Waals surface area contributed by atoms with Gasteiger partial charge in [0, 0.05) is 0 Å². The van der Waals surface area contributed by atoms with Gasteiger partial charge in [-0.3, -0.25) is 0 Å². The summed E-state index contributed by atoms with van der Waals surface area (Å²) in [6.45, 7) is 6.78. The third-order valence-electron chi connectivity index (χ3n) is 1.000. The van der Waals surface area contributed by atoms with Crippen LogP contribution in [0.25, 0.3) is 0 Å². The van der Waals surface area contributed by atoms with Gasteiger partial charge in [0.1, 0.15) is 7.85 Å². The number of rotatable bonds is 2. The van der Waals surface area contributed by atoms with Crippen molar-refractivity contribution < 1.29 is 0 Å².